The van der Waals surface area contributed by atoms with Crippen LogP contribution in [-0.2, 0) is 4.74 Å². The van der Waals surface area contributed by atoms with Crippen molar-refractivity contribution in [3.8, 4) is 0 Å². The third-order valence-electron chi connectivity index (χ3n) is 2.83. The van der Waals surface area contributed by atoms with E-state index in [-0.39, 0.29) is 18.7 Å². The van der Waals surface area contributed by atoms with Crippen LogP contribution in [0.25, 0.3) is 0 Å². The van der Waals surface area contributed by atoms with Crippen molar-refractivity contribution in [1.82, 2.24) is 0 Å². The van der Waals surface area contributed by atoms with Crippen LogP contribution < -0.4 is 0 Å². The van der Waals surface area contributed by atoms with Crippen LogP contribution >= 0.6 is 0 Å². The van der Waals surface area contributed by atoms with Crippen LogP contribution in [0.5, 0.6) is 0 Å². The first kappa shape index (κ1) is 20.0. The fourth-order valence-electron chi connectivity index (χ4n) is 1.06. The molecule has 0 aliphatic rings. The highest BCUT2D eigenvalue weighted by molar-refractivity contribution is 4.80. The highest BCUT2D eigenvalue weighted by atomic mass is 16.5. The molecule has 0 fully saturated rings. The molecule has 8 nitrogen and oxygen atoms in total. The van der Waals surface area contributed by atoms with Gasteiger partial charge in [0.1, 0.15) is 0 Å². The molecular formula is C10H23O8. The summed E-state index contributed by atoms with van der Waals surface area (Å²) in [6, 6.07) is 0. The Morgan fingerprint density at radius 3 is 0.944 bits per heavy atom. The lowest BCUT2D eigenvalue weighted by Crippen LogP contribution is -2.43. The summed E-state index contributed by atoms with van der Waals surface area (Å²) >= 11 is 0. The van der Waals surface area contributed by atoms with Crippen LogP contribution in [0.1, 0.15) is 0 Å². The zero-order valence-electron chi connectivity index (χ0n) is 10.2. The predicted octanol–water partition coefficient (Wildman–Crippen LogP) is -3.25. The SMILES string of the molecule is OCC(CO)(CO)COCC(CO)(CO)CO.[OH]. The number of rotatable bonds is 10. The monoisotopic (exact) mass is 271 g/mol. The van der Waals surface area contributed by atoms with E-state index in [1.807, 2.05) is 0 Å². The molecule has 0 amide bonds. The normalized spacial score (nSPS) is 12.3. The molecule has 0 saturated carbocycles. The van der Waals surface area contributed by atoms with Crippen LogP contribution in [0.15, 0.2) is 0 Å². The highest BCUT2D eigenvalue weighted by Crippen LogP contribution is 2.19. The van der Waals surface area contributed by atoms with Crippen molar-refractivity contribution in [2.24, 2.45) is 10.8 Å². The fourth-order valence-corrected chi connectivity index (χ4v) is 1.06. The van der Waals surface area contributed by atoms with Gasteiger partial charge in [-0.2, -0.15) is 0 Å². The van der Waals surface area contributed by atoms with Gasteiger partial charge in [-0.3, -0.25) is 5.48 Å². The summed E-state index contributed by atoms with van der Waals surface area (Å²) in [7, 11) is 0. The number of ether oxygens (including phenoxy) is 1. The lowest BCUT2D eigenvalue weighted by molar-refractivity contribution is -0.103. The maximum atomic E-state index is 9.03. The van der Waals surface area contributed by atoms with Crippen molar-refractivity contribution in [2.75, 3.05) is 52.9 Å². The summed E-state index contributed by atoms with van der Waals surface area (Å²) in [4.78, 5) is 0. The van der Waals surface area contributed by atoms with Crippen molar-refractivity contribution in [3.05, 3.63) is 0 Å². The van der Waals surface area contributed by atoms with E-state index < -0.39 is 50.5 Å². The highest BCUT2D eigenvalue weighted by Gasteiger charge is 2.32. The molecule has 0 saturated heterocycles. The first-order valence-electron chi connectivity index (χ1n) is 5.30. The van der Waals surface area contributed by atoms with E-state index in [0.29, 0.717) is 0 Å². The summed E-state index contributed by atoms with van der Waals surface area (Å²) in [5.74, 6) is 0. The Bertz CT molecular complexity index is 154. The summed E-state index contributed by atoms with van der Waals surface area (Å²) < 4.78 is 5.15. The molecule has 0 aromatic rings. The van der Waals surface area contributed by atoms with E-state index >= 15 is 0 Å². The molecular weight excluding hydrogens is 248 g/mol. The van der Waals surface area contributed by atoms with Crippen LogP contribution in [-0.4, -0.2) is 89.0 Å². The summed E-state index contributed by atoms with van der Waals surface area (Å²) in [5, 5.41) is 54.2. The maximum Gasteiger partial charge on any atom is 0.0629 e. The van der Waals surface area contributed by atoms with Crippen molar-refractivity contribution in [3.63, 3.8) is 0 Å². The zero-order valence-corrected chi connectivity index (χ0v) is 10.2. The van der Waals surface area contributed by atoms with Crippen molar-refractivity contribution < 1.29 is 40.9 Å². The summed E-state index contributed by atoms with van der Waals surface area (Å²) in [6.45, 7) is -3.01. The molecule has 0 aromatic carbocycles. The number of aliphatic hydroxyl groups excluding tert-OH is 6. The Morgan fingerprint density at radius 1 is 0.556 bits per heavy atom. The van der Waals surface area contributed by atoms with Gasteiger partial charge in [-0.25, -0.2) is 0 Å². The summed E-state index contributed by atoms with van der Waals surface area (Å²) in [5.41, 5.74) is -2.32. The van der Waals surface area contributed by atoms with E-state index in [0.717, 1.165) is 0 Å². The lowest BCUT2D eigenvalue weighted by atomic mass is 9.91. The molecule has 7 N–H and O–H groups in total. The first-order chi connectivity index (χ1) is 8.07. The van der Waals surface area contributed by atoms with Gasteiger partial charge in [0.2, 0.25) is 0 Å². The standard InChI is InChI=1S/C10H22O7.HO/c11-1-9(2-12,3-13)7-17-8-10(4-14,5-15)6-16;/h11-16H,1-8H2;1H. The molecule has 0 aliphatic heterocycles. The number of aliphatic hydroxyl groups is 6. The van der Waals surface area contributed by atoms with Gasteiger partial charge in [0, 0.05) is 0 Å². The maximum absolute atomic E-state index is 9.03. The van der Waals surface area contributed by atoms with E-state index in [1.165, 1.54) is 0 Å². The molecule has 0 aliphatic carbocycles. The van der Waals surface area contributed by atoms with Crippen molar-refractivity contribution in [2.45, 2.75) is 0 Å². The van der Waals surface area contributed by atoms with Gasteiger partial charge < -0.3 is 35.4 Å². The van der Waals surface area contributed by atoms with Crippen molar-refractivity contribution >= 4 is 0 Å². The molecule has 111 valence electrons. The van der Waals surface area contributed by atoms with Gasteiger partial charge in [0.05, 0.1) is 63.7 Å². The van der Waals surface area contributed by atoms with Crippen LogP contribution in [0.4, 0.5) is 0 Å². The molecule has 0 heterocycles. The summed E-state index contributed by atoms with van der Waals surface area (Å²) in [6.07, 6.45) is 0. The molecule has 0 atom stereocenters. The molecule has 1 radical (unpaired) electrons. The minimum atomic E-state index is -1.16. The quantitative estimate of drug-likeness (QED) is 0.219. The van der Waals surface area contributed by atoms with Gasteiger partial charge in [-0.05, 0) is 0 Å². The Labute approximate surface area is 105 Å². The minimum Gasteiger partial charge on any atom is -0.396 e. The Hall–Kier alpha value is -0.320. The largest absolute Gasteiger partial charge is 0.396 e. The third-order valence-corrected chi connectivity index (χ3v) is 2.83. The van der Waals surface area contributed by atoms with Gasteiger partial charge in [-0.1, -0.05) is 0 Å². The molecule has 0 rings (SSSR count). The second kappa shape index (κ2) is 9.59. The van der Waals surface area contributed by atoms with Crippen LogP contribution in [0, 0.1) is 10.8 Å². The Morgan fingerprint density at radius 2 is 0.778 bits per heavy atom. The van der Waals surface area contributed by atoms with E-state index in [9.17, 15) is 0 Å². The molecule has 0 bridgehead atoms. The Kier molecular flexibility index (Phi) is 10.7. The second-order valence-corrected chi connectivity index (χ2v) is 4.44. The van der Waals surface area contributed by atoms with E-state index in [2.05, 4.69) is 0 Å². The molecule has 0 unspecified atom stereocenters. The van der Waals surface area contributed by atoms with Gasteiger partial charge in [0.25, 0.3) is 0 Å². The lowest BCUT2D eigenvalue weighted by Gasteiger charge is -2.31. The van der Waals surface area contributed by atoms with Gasteiger partial charge in [-0.15, -0.1) is 0 Å². The Balaban J connectivity index is 0. The molecule has 0 aromatic heterocycles. The first-order valence-corrected chi connectivity index (χ1v) is 5.30. The smallest absolute Gasteiger partial charge is 0.0629 e. The molecule has 8 heteroatoms. The van der Waals surface area contributed by atoms with Crippen LogP contribution in [0.3, 0.4) is 0 Å². The van der Waals surface area contributed by atoms with E-state index in [1.54, 1.807) is 0 Å². The second-order valence-electron chi connectivity index (χ2n) is 4.44. The minimum absolute atomic E-state index is 0. The third kappa shape index (κ3) is 5.12. The average molecular weight is 271 g/mol. The zero-order chi connectivity index (χ0) is 13.4. The molecule has 18 heavy (non-hydrogen) atoms. The topological polar surface area (TPSA) is 161 Å². The predicted molar refractivity (Wildman–Crippen MR) is 60.1 cm³/mol. The van der Waals surface area contributed by atoms with Gasteiger partial charge >= 0.3 is 0 Å². The van der Waals surface area contributed by atoms with Crippen molar-refractivity contribution in [1.29, 1.82) is 0 Å². The van der Waals surface area contributed by atoms with Gasteiger partial charge in [0.15, 0.2) is 0 Å². The molecule has 0 spiro atoms. The fraction of sp³-hybridized carbons (Fsp3) is 1.00. The van der Waals surface area contributed by atoms with E-state index in [4.69, 9.17) is 35.4 Å². The average Bonchev–Trinajstić information content (AvgIpc) is 2.41. The number of hydrogen-bond donors (Lipinski definition) is 7. The number of hydrogen-bond acceptors (Lipinski definition) is 7. The van der Waals surface area contributed by atoms with Crippen LogP contribution in [0.2, 0.25) is 0 Å².